The van der Waals surface area contributed by atoms with Crippen molar-refractivity contribution < 1.29 is 0 Å². The van der Waals surface area contributed by atoms with Gasteiger partial charge in [-0.3, -0.25) is 14.2 Å². The molecule has 0 saturated carbocycles. The summed E-state index contributed by atoms with van der Waals surface area (Å²) in [6.45, 7) is 4.04. The number of rotatable bonds is 4. The van der Waals surface area contributed by atoms with Crippen LogP contribution >= 0.6 is 11.6 Å². The average Bonchev–Trinajstić information content (AvgIpc) is 2.60. The van der Waals surface area contributed by atoms with Crippen LogP contribution in [0, 0.1) is 0 Å². The Morgan fingerprint density at radius 1 is 1.00 bits per heavy atom. The smallest absolute Gasteiger partial charge is 0.305 e. The quantitative estimate of drug-likeness (QED) is 0.685. The molecule has 1 heterocycles. The molecule has 0 amide bonds. The summed E-state index contributed by atoms with van der Waals surface area (Å²) in [7, 11) is 0. The lowest BCUT2D eigenvalue weighted by Gasteiger charge is -2.09. The van der Waals surface area contributed by atoms with E-state index in [1.54, 1.807) is 42.7 Å². The van der Waals surface area contributed by atoms with Gasteiger partial charge in [-0.05, 0) is 29.3 Å². The minimum atomic E-state index is -0.609. The summed E-state index contributed by atoms with van der Waals surface area (Å²) in [4.78, 5) is 24.7. The first kappa shape index (κ1) is 16.0. The molecule has 3 rings (SSSR count). The molecule has 0 bridgehead atoms. The van der Waals surface area contributed by atoms with Gasteiger partial charge >= 0.3 is 11.1 Å². The Kier molecular flexibility index (Phi) is 4.49. The molecule has 0 aliphatic rings. The van der Waals surface area contributed by atoms with E-state index in [1.807, 2.05) is 24.3 Å². The number of benzene rings is 2. The van der Waals surface area contributed by atoms with Crippen LogP contribution in [-0.2, 0) is 6.54 Å². The molecule has 0 atom stereocenters. The third-order valence-electron chi connectivity index (χ3n) is 3.71. The normalized spacial score (nSPS) is 10.5. The second-order valence-electron chi connectivity index (χ2n) is 5.33. The molecule has 0 saturated heterocycles. The molecule has 3 aromatic rings. The fourth-order valence-corrected chi connectivity index (χ4v) is 2.60. The van der Waals surface area contributed by atoms with Crippen LogP contribution in [0.25, 0.3) is 11.8 Å². The molecule has 0 N–H and O–H groups in total. The third-order valence-corrected chi connectivity index (χ3v) is 3.95. The largest absolute Gasteiger partial charge is 0.320 e. The molecule has 0 radical (unpaired) electrons. The maximum atomic E-state index is 12.4. The average molecular weight is 339 g/mol. The molecule has 0 aliphatic carbocycles. The van der Waals surface area contributed by atoms with Crippen molar-refractivity contribution >= 4 is 17.7 Å². The molecule has 0 spiro atoms. The maximum Gasteiger partial charge on any atom is 0.320 e. The van der Waals surface area contributed by atoms with Gasteiger partial charge in [0.15, 0.2) is 0 Å². The summed E-state index contributed by atoms with van der Waals surface area (Å²) in [6, 6.07) is 14.5. The van der Waals surface area contributed by atoms with Crippen molar-refractivity contribution in [3.8, 4) is 5.69 Å². The molecule has 120 valence electrons. The highest BCUT2D eigenvalue weighted by atomic mass is 35.5. The van der Waals surface area contributed by atoms with Crippen molar-refractivity contribution in [2.24, 2.45) is 0 Å². The predicted octanol–water partition coefficient (Wildman–Crippen LogP) is 3.34. The number of hydrogen-bond acceptors (Lipinski definition) is 2. The fraction of sp³-hybridized carbons (Fsp3) is 0.0526. The molecule has 0 unspecified atom stereocenters. The Morgan fingerprint density at radius 2 is 1.75 bits per heavy atom. The highest BCUT2D eigenvalue weighted by Crippen LogP contribution is 2.13. The second kappa shape index (κ2) is 6.72. The first-order chi connectivity index (χ1) is 11.6. The van der Waals surface area contributed by atoms with E-state index in [0.717, 1.165) is 11.1 Å². The van der Waals surface area contributed by atoms with Gasteiger partial charge in [0.25, 0.3) is 0 Å². The standard InChI is InChI=1S/C19H15ClN2O2/c1-2-14-6-8-15(9-7-14)13-21-10-11-22(19(24)18(21)23)17-5-3-4-16(20)12-17/h2-12H,1,13H2. The van der Waals surface area contributed by atoms with Crippen molar-refractivity contribution in [3.05, 3.63) is 104 Å². The van der Waals surface area contributed by atoms with Gasteiger partial charge in [0.05, 0.1) is 12.2 Å². The highest BCUT2D eigenvalue weighted by Gasteiger charge is 2.07. The van der Waals surface area contributed by atoms with Crippen LogP contribution in [0.15, 0.2) is 77.1 Å². The zero-order chi connectivity index (χ0) is 17.1. The van der Waals surface area contributed by atoms with Crippen LogP contribution < -0.4 is 11.1 Å². The van der Waals surface area contributed by atoms with Crippen molar-refractivity contribution in [2.45, 2.75) is 6.54 Å². The molecule has 24 heavy (non-hydrogen) atoms. The van der Waals surface area contributed by atoms with Gasteiger partial charge in [0.1, 0.15) is 0 Å². The Morgan fingerprint density at radius 3 is 2.42 bits per heavy atom. The van der Waals surface area contributed by atoms with Gasteiger partial charge in [-0.1, -0.05) is 54.6 Å². The number of nitrogens with zero attached hydrogens (tertiary/aromatic N) is 2. The Bertz CT molecular complexity index is 1000. The number of halogens is 1. The first-order valence-corrected chi connectivity index (χ1v) is 7.76. The number of hydrogen-bond donors (Lipinski definition) is 0. The van der Waals surface area contributed by atoms with E-state index < -0.39 is 11.1 Å². The summed E-state index contributed by atoms with van der Waals surface area (Å²) in [5.74, 6) is 0. The summed E-state index contributed by atoms with van der Waals surface area (Å²) in [5.41, 5.74) is 1.31. The van der Waals surface area contributed by atoms with Gasteiger partial charge in [-0.2, -0.15) is 0 Å². The minimum Gasteiger partial charge on any atom is -0.305 e. The van der Waals surface area contributed by atoms with Gasteiger partial charge in [0, 0.05) is 17.4 Å². The van der Waals surface area contributed by atoms with E-state index in [1.165, 1.54) is 9.13 Å². The summed E-state index contributed by atoms with van der Waals surface area (Å²) >= 11 is 5.94. The second-order valence-corrected chi connectivity index (χ2v) is 5.77. The summed E-state index contributed by atoms with van der Waals surface area (Å²) in [5, 5.41) is 0.505. The van der Waals surface area contributed by atoms with Crippen molar-refractivity contribution in [1.29, 1.82) is 0 Å². The van der Waals surface area contributed by atoms with Crippen LogP contribution in [0.4, 0.5) is 0 Å². The van der Waals surface area contributed by atoms with Gasteiger partial charge in [0.2, 0.25) is 0 Å². The van der Waals surface area contributed by atoms with E-state index in [-0.39, 0.29) is 0 Å². The minimum absolute atomic E-state index is 0.335. The molecule has 2 aromatic carbocycles. The van der Waals surface area contributed by atoms with E-state index in [9.17, 15) is 9.59 Å². The molecule has 5 heteroatoms. The van der Waals surface area contributed by atoms with E-state index in [2.05, 4.69) is 6.58 Å². The lowest BCUT2D eigenvalue weighted by Crippen LogP contribution is -2.40. The van der Waals surface area contributed by atoms with Crippen molar-refractivity contribution in [2.75, 3.05) is 0 Å². The first-order valence-electron chi connectivity index (χ1n) is 7.38. The molecule has 0 fully saturated rings. The van der Waals surface area contributed by atoms with Crippen molar-refractivity contribution in [1.82, 2.24) is 9.13 Å². The molecule has 4 nitrogen and oxygen atoms in total. The Balaban J connectivity index is 1.96. The van der Waals surface area contributed by atoms with E-state index >= 15 is 0 Å². The topological polar surface area (TPSA) is 44.0 Å². The van der Waals surface area contributed by atoms with E-state index in [4.69, 9.17) is 11.6 Å². The zero-order valence-electron chi connectivity index (χ0n) is 12.9. The fourth-order valence-electron chi connectivity index (χ4n) is 2.42. The summed E-state index contributed by atoms with van der Waals surface area (Å²) in [6.07, 6.45) is 4.93. The Hall–Kier alpha value is -2.85. The molecular formula is C19H15ClN2O2. The van der Waals surface area contributed by atoms with Crippen LogP contribution in [0.2, 0.25) is 5.02 Å². The van der Waals surface area contributed by atoms with Gasteiger partial charge < -0.3 is 4.57 Å². The summed E-state index contributed by atoms with van der Waals surface area (Å²) < 4.78 is 2.69. The zero-order valence-corrected chi connectivity index (χ0v) is 13.6. The maximum absolute atomic E-state index is 12.4. The van der Waals surface area contributed by atoms with Crippen LogP contribution in [0.1, 0.15) is 11.1 Å². The SMILES string of the molecule is C=Cc1ccc(Cn2ccn(-c3cccc(Cl)c3)c(=O)c2=O)cc1. The van der Waals surface area contributed by atoms with Crippen LogP contribution in [0.3, 0.4) is 0 Å². The number of aromatic nitrogens is 2. The van der Waals surface area contributed by atoms with Crippen LogP contribution in [0.5, 0.6) is 0 Å². The van der Waals surface area contributed by atoms with E-state index in [0.29, 0.717) is 17.3 Å². The highest BCUT2D eigenvalue weighted by molar-refractivity contribution is 6.30. The lowest BCUT2D eigenvalue weighted by molar-refractivity contribution is 0.718. The van der Waals surface area contributed by atoms with Gasteiger partial charge in [-0.15, -0.1) is 0 Å². The van der Waals surface area contributed by atoms with Crippen molar-refractivity contribution in [3.63, 3.8) is 0 Å². The molecular weight excluding hydrogens is 324 g/mol. The lowest BCUT2D eigenvalue weighted by atomic mass is 10.1. The monoisotopic (exact) mass is 338 g/mol. The van der Waals surface area contributed by atoms with Crippen LogP contribution in [-0.4, -0.2) is 9.13 Å². The molecule has 0 aliphatic heterocycles. The predicted molar refractivity (Wildman–Crippen MR) is 96.9 cm³/mol. The Labute approximate surface area is 143 Å². The third kappa shape index (κ3) is 3.24. The molecule has 1 aromatic heterocycles. The van der Waals surface area contributed by atoms with Gasteiger partial charge in [-0.25, -0.2) is 0 Å².